The molecule has 0 aliphatic rings. The Morgan fingerprint density at radius 3 is 2.25 bits per heavy atom. The molecule has 0 amide bonds. The van der Waals surface area contributed by atoms with E-state index in [1.54, 1.807) is 12.1 Å². The molecule has 0 aliphatic carbocycles. The highest BCUT2D eigenvalue weighted by Gasteiger charge is 2.13. The van der Waals surface area contributed by atoms with Crippen LogP contribution in [0.4, 0.5) is 0 Å². The average Bonchev–Trinajstić information content (AvgIpc) is 2.46. The minimum Gasteiger partial charge on any atom is -0.478 e. The second kappa shape index (κ2) is 4.94. The molecule has 0 radical (unpaired) electrons. The molecule has 0 unspecified atom stereocenters. The first kappa shape index (κ1) is 12.6. The lowest BCUT2D eigenvalue weighted by Crippen LogP contribution is -2.04. The van der Waals surface area contributed by atoms with Crippen LogP contribution < -0.4 is 5.73 Å². The lowest BCUT2D eigenvalue weighted by molar-refractivity contribution is 0.0699. The lowest BCUT2D eigenvalue weighted by Gasteiger charge is -2.11. The second-order valence-electron chi connectivity index (χ2n) is 4.83. The van der Waals surface area contributed by atoms with E-state index in [2.05, 4.69) is 0 Å². The molecule has 0 aliphatic heterocycles. The minimum absolute atomic E-state index is 0.345. The van der Waals surface area contributed by atoms with Crippen LogP contribution in [0, 0.1) is 0 Å². The Hall–Kier alpha value is -2.39. The minimum atomic E-state index is -0.898. The zero-order valence-corrected chi connectivity index (χ0v) is 11.0. The largest absolute Gasteiger partial charge is 0.478 e. The Labute approximate surface area is 116 Å². The standard InChI is InChI=1S/C17H15NO2/c18-10-9-13-4-1-3-11-7-8-12-5-2-6-14(17(19)20)16(12)15(11)13/h1-8H,9-10,18H2,(H,19,20). The van der Waals surface area contributed by atoms with Crippen LogP contribution in [-0.4, -0.2) is 17.6 Å². The quantitative estimate of drug-likeness (QED) is 0.715. The molecule has 20 heavy (non-hydrogen) atoms. The maximum Gasteiger partial charge on any atom is 0.336 e. The van der Waals surface area contributed by atoms with Gasteiger partial charge in [-0.1, -0.05) is 42.5 Å². The van der Waals surface area contributed by atoms with E-state index < -0.39 is 5.97 Å². The normalized spacial score (nSPS) is 11.1. The Morgan fingerprint density at radius 1 is 0.950 bits per heavy atom. The number of rotatable bonds is 3. The van der Waals surface area contributed by atoms with Crippen LogP contribution in [0.25, 0.3) is 21.5 Å². The van der Waals surface area contributed by atoms with Gasteiger partial charge >= 0.3 is 5.97 Å². The monoisotopic (exact) mass is 265 g/mol. The van der Waals surface area contributed by atoms with Gasteiger partial charge in [-0.25, -0.2) is 4.79 Å². The van der Waals surface area contributed by atoms with Gasteiger partial charge in [0, 0.05) is 5.39 Å². The van der Waals surface area contributed by atoms with Crippen LogP contribution in [0.3, 0.4) is 0 Å². The maximum absolute atomic E-state index is 11.5. The first-order valence-electron chi connectivity index (χ1n) is 6.59. The number of nitrogens with two attached hydrogens (primary N) is 1. The lowest BCUT2D eigenvalue weighted by atomic mass is 9.93. The van der Waals surface area contributed by atoms with Crippen molar-refractivity contribution in [2.24, 2.45) is 5.73 Å². The molecular formula is C17H15NO2. The number of aromatic carboxylic acids is 1. The van der Waals surface area contributed by atoms with Crippen LogP contribution >= 0.6 is 0 Å². The smallest absolute Gasteiger partial charge is 0.336 e. The molecule has 3 N–H and O–H groups in total. The summed E-state index contributed by atoms with van der Waals surface area (Å²) in [4.78, 5) is 11.5. The first-order valence-corrected chi connectivity index (χ1v) is 6.59. The summed E-state index contributed by atoms with van der Waals surface area (Å²) in [5.74, 6) is -0.898. The molecule has 3 aromatic rings. The van der Waals surface area contributed by atoms with Crippen molar-refractivity contribution in [2.45, 2.75) is 6.42 Å². The van der Waals surface area contributed by atoms with E-state index in [0.29, 0.717) is 12.1 Å². The van der Waals surface area contributed by atoms with E-state index in [1.807, 2.05) is 36.4 Å². The summed E-state index contributed by atoms with van der Waals surface area (Å²) in [7, 11) is 0. The molecule has 0 spiro atoms. The van der Waals surface area contributed by atoms with Gasteiger partial charge in [0.05, 0.1) is 5.56 Å². The topological polar surface area (TPSA) is 63.3 Å². The maximum atomic E-state index is 11.5. The summed E-state index contributed by atoms with van der Waals surface area (Å²) in [6, 6.07) is 15.4. The van der Waals surface area contributed by atoms with Gasteiger partial charge in [-0.2, -0.15) is 0 Å². The van der Waals surface area contributed by atoms with Gasteiger partial charge in [-0.05, 0) is 40.8 Å². The van der Waals surface area contributed by atoms with E-state index in [1.165, 1.54) is 0 Å². The third kappa shape index (κ3) is 1.92. The predicted octanol–water partition coefficient (Wildman–Crippen LogP) is 3.19. The fraction of sp³-hybridized carbons (Fsp3) is 0.118. The number of hydrogen-bond acceptors (Lipinski definition) is 2. The number of benzene rings is 3. The zero-order chi connectivity index (χ0) is 14.1. The molecule has 0 fully saturated rings. The molecule has 3 heteroatoms. The highest BCUT2D eigenvalue weighted by atomic mass is 16.4. The molecule has 100 valence electrons. The molecule has 0 bridgehead atoms. The van der Waals surface area contributed by atoms with Crippen molar-refractivity contribution in [1.29, 1.82) is 0 Å². The molecule has 0 atom stereocenters. The number of carboxylic acids is 1. The second-order valence-corrected chi connectivity index (χ2v) is 4.83. The highest BCUT2D eigenvalue weighted by molar-refractivity contribution is 6.17. The predicted molar refractivity (Wildman–Crippen MR) is 81.2 cm³/mol. The van der Waals surface area contributed by atoms with E-state index in [0.717, 1.165) is 33.5 Å². The number of carboxylic acid groups (broad SMARTS) is 1. The molecule has 3 rings (SSSR count). The molecule has 0 heterocycles. The van der Waals surface area contributed by atoms with Crippen molar-refractivity contribution in [3.8, 4) is 0 Å². The van der Waals surface area contributed by atoms with Crippen molar-refractivity contribution in [3.63, 3.8) is 0 Å². The zero-order valence-electron chi connectivity index (χ0n) is 11.0. The van der Waals surface area contributed by atoms with E-state index in [9.17, 15) is 9.90 Å². The molecular weight excluding hydrogens is 250 g/mol. The van der Waals surface area contributed by atoms with Gasteiger partial charge in [-0.3, -0.25) is 0 Å². The molecule has 0 saturated carbocycles. The van der Waals surface area contributed by atoms with Crippen LogP contribution in [0.1, 0.15) is 15.9 Å². The fourth-order valence-electron chi connectivity index (χ4n) is 2.77. The Kier molecular flexibility index (Phi) is 3.12. The fourth-order valence-corrected chi connectivity index (χ4v) is 2.77. The van der Waals surface area contributed by atoms with Crippen LogP contribution in [0.5, 0.6) is 0 Å². The summed E-state index contributed by atoms with van der Waals surface area (Å²) in [6.45, 7) is 0.546. The van der Waals surface area contributed by atoms with Crippen molar-refractivity contribution >= 4 is 27.5 Å². The van der Waals surface area contributed by atoms with Crippen molar-refractivity contribution in [1.82, 2.24) is 0 Å². The highest BCUT2D eigenvalue weighted by Crippen LogP contribution is 2.31. The summed E-state index contributed by atoms with van der Waals surface area (Å²) < 4.78 is 0. The first-order chi connectivity index (χ1) is 9.72. The van der Waals surface area contributed by atoms with Crippen molar-refractivity contribution in [3.05, 3.63) is 59.7 Å². The van der Waals surface area contributed by atoms with Crippen LogP contribution in [-0.2, 0) is 6.42 Å². The van der Waals surface area contributed by atoms with Gasteiger partial charge in [0.25, 0.3) is 0 Å². The summed E-state index contributed by atoms with van der Waals surface area (Å²) in [5, 5.41) is 13.3. The van der Waals surface area contributed by atoms with E-state index in [-0.39, 0.29) is 0 Å². The number of carbonyl (C=O) groups is 1. The molecule has 3 aromatic carbocycles. The Balaban J connectivity index is 2.52. The average molecular weight is 265 g/mol. The van der Waals surface area contributed by atoms with Gasteiger partial charge in [-0.15, -0.1) is 0 Å². The van der Waals surface area contributed by atoms with Crippen molar-refractivity contribution in [2.75, 3.05) is 6.54 Å². The van der Waals surface area contributed by atoms with E-state index in [4.69, 9.17) is 5.73 Å². The Bertz CT molecular complexity index is 809. The molecule has 0 saturated heterocycles. The summed E-state index contributed by atoms with van der Waals surface area (Å²) in [6.07, 6.45) is 0.740. The van der Waals surface area contributed by atoms with Crippen molar-refractivity contribution < 1.29 is 9.90 Å². The Morgan fingerprint density at radius 2 is 1.60 bits per heavy atom. The summed E-state index contributed by atoms with van der Waals surface area (Å²) >= 11 is 0. The third-order valence-electron chi connectivity index (χ3n) is 3.62. The summed E-state index contributed by atoms with van der Waals surface area (Å²) in [5.41, 5.74) is 7.12. The van der Waals surface area contributed by atoms with Gasteiger partial charge < -0.3 is 10.8 Å². The SMILES string of the molecule is NCCc1cccc2ccc3cccc(C(=O)O)c3c12. The number of fused-ring (bicyclic) bond motifs is 3. The third-order valence-corrected chi connectivity index (χ3v) is 3.62. The van der Waals surface area contributed by atoms with Gasteiger partial charge in [0.1, 0.15) is 0 Å². The van der Waals surface area contributed by atoms with E-state index >= 15 is 0 Å². The number of hydrogen-bond donors (Lipinski definition) is 2. The molecule has 3 nitrogen and oxygen atoms in total. The molecule has 0 aromatic heterocycles. The van der Waals surface area contributed by atoms with Crippen LogP contribution in [0.15, 0.2) is 48.5 Å². The van der Waals surface area contributed by atoms with Gasteiger partial charge in [0.2, 0.25) is 0 Å². The van der Waals surface area contributed by atoms with Crippen LogP contribution in [0.2, 0.25) is 0 Å². The van der Waals surface area contributed by atoms with Gasteiger partial charge in [0.15, 0.2) is 0 Å².